The zero-order valence-corrected chi connectivity index (χ0v) is 9.10. The minimum absolute atomic E-state index is 0.406. The monoisotopic (exact) mass is 223 g/mol. The first-order valence-electron chi connectivity index (χ1n) is 4.62. The second-order valence-electron chi connectivity index (χ2n) is 3.11. The van der Waals surface area contributed by atoms with Crippen molar-refractivity contribution in [3.05, 3.63) is 35.4 Å². The maximum Gasteiger partial charge on any atom is 0.337 e. The standard InChI is InChI=1S/C11H13NO4/c1-15-10(13)8-5-3-7(4-6-8)9(12)11(14)16-2/h3-6,9H,12H2,1-2H3/t9-/m0/s1. The van der Waals surface area contributed by atoms with E-state index < -0.39 is 18.0 Å². The molecule has 16 heavy (non-hydrogen) atoms. The van der Waals surface area contributed by atoms with Crippen LogP contribution in [-0.2, 0) is 14.3 Å². The molecular weight excluding hydrogens is 210 g/mol. The number of esters is 2. The molecule has 0 fully saturated rings. The molecule has 0 aliphatic heterocycles. The number of nitrogens with two attached hydrogens (primary N) is 1. The second kappa shape index (κ2) is 5.27. The number of hydrogen-bond acceptors (Lipinski definition) is 5. The molecule has 0 heterocycles. The molecule has 0 aliphatic carbocycles. The van der Waals surface area contributed by atoms with Crippen molar-refractivity contribution in [2.24, 2.45) is 5.73 Å². The Balaban J connectivity index is 2.86. The topological polar surface area (TPSA) is 78.6 Å². The van der Waals surface area contributed by atoms with E-state index in [-0.39, 0.29) is 0 Å². The number of carbonyl (C=O) groups excluding carboxylic acids is 2. The first-order valence-corrected chi connectivity index (χ1v) is 4.62. The molecule has 0 saturated carbocycles. The molecule has 5 heteroatoms. The van der Waals surface area contributed by atoms with Crippen molar-refractivity contribution in [1.82, 2.24) is 0 Å². The molecular formula is C11H13NO4. The smallest absolute Gasteiger partial charge is 0.337 e. The number of methoxy groups -OCH3 is 2. The lowest BCUT2D eigenvalue weighted by atomic mass is 10.1. The molecule has 1 aromatic carbocycles. The molecule has 2 N–H and O–H groups in total. The highest BCUT2D eigenvalue weighted by molar-refractivity contribution is 5.89. The summed E-state index contributed by atoms with van der Waals surface area (Å²) in [5, 5.41) is 0. The molecule has 0 unspecified atom stereocenters. The van der Waals surface area contributed by atoms with Gasteiger partial charge in [0.05, 0.1) is 19.8 Å². The van der Waals surface area contributed by atoms with Gasteiger partial charge in [-0.3, -0.25) is 4.79 Å². The molecule has 1 atom stereocenters. The van der Waals surface area contributed by atoms with Crippen LogP contribution < -0.4 is 5.73 Å². The van der Waals surface area contributed by atoms with Crippen LogP contribution in [0.25, 0.3) is 0 Å². The van der Waals surface area contributed by atoms with Gasteiger partial charge in [-0.15, -0.1) is 0 Å². The Bertz CT molecular complexity index is 385. The number of ether oxygens (including phenoxy) is 2. The van der Waals surface area contributed by atoms with Gasteiger partial charge in [0.1, 0.15) is 6.04 Å². The van der Waals surface area contributed by atoms with Gasteiger partial charge < -0.3 is 15.2 Å². The molecule has 1 aromatic rings. The zero-order valence-electron chi connectivity index (χ0n) is 9.10. The van der Waals surface area contributed by atoms with Crippen LogP contribution in [0.2, 0.25) is 0 Å². The molecule has 86 valence electrons. The van der Waals surface area contributed by atoms with Crippen molar-refractivity contribution in [2.45, 2.75) is 6.04 Å². The normalized spacial score (nSPS) is 11.7. The van der Waals surface area contributed by atoms with Gasteiger partial charge in [0.15, 0.2) is 0 Å². The van der Waals surface area contributed by atoms with Crippen LogP contribution in [0, 0.1) is 0 Å². The van der Waals surface area contributed by atoms with Crippen molar-refractivity contribution >= 4 is 11.9 Å². The molecule has 0 amide bonds. The quantitative estimate of drug-likeness (QED) is 0.761. The van der Waals surface area contributed by atoms with Crippen LogP contribution in [0.4, 0.5) is 0 Å². The van der Waals surface area contributed by atoms with E-state index in [2.05, 4.69) is 9.47 Å². The van der Waals surface area contributed by atoms with E-state index >= 15 is 0 Å². The summed E-state index contributed by atoms with van der Waals surface area (Å²) >= 11 is 0. The van der Waals surface area contributed by atoms with E-state index in [0.29, 0.717) is 11.1 Å². The summed E-state index contributed by atoms with van der Waals surface area (Å²) in [5.74, 6) is -0.955. The van der Waals surface area contributed by atoms with Crippen LogP contribution in [0.15, 0.2) is 24.3 Å². The molecule has 0 aromatic heterocycles. The fourth-order valence-electron chi connectivity index (χ4n) is 1.21. The largest absolute Gasteiger partial charge is 0.468 e. The van der Waals surface area contributed by atoms with E-state index in [0.717, 1.165) is 0 Å². The van der Waals surface area contributed by atoms with Gasteiger partial charge in [-0.2, -0.15) is 0 Å². The van der Waals surface area contributed by atoms with Gasteiger partial charge in [0.2, 0.25) is 0 Å². The number of carbonyl (C=O) groups is 2. The van der Waals surface area contributed by atoms with Crippen molar-refractivity contribution < 1.29 is 19.1 Å². The van der Waals surface area contributed by atoms with Crippen molar-refractivity contribution in [1.29, 1.82) is 0 Å². The van der Waals surface area contributed by atoms with E-state index in [1.54, 1.807) is 24.3 Å². The van der Waals surface area contributed by atoms with Crippen LogP contribution in [0.1, 0.15) is 22.0 Å². The number of hydrogen-bond donors (Lipinski definition) is 1. The second-order valence-corrected chi connectivity index (χ2v) is 3.11. The van der Waals surface area contributed by atoms with E-state index in [1.807, 2.05) is 0 Å². The highest BCUT2D eigenvalue weighted by atomic mass is 16.5. The first kappa shape index (κ1) is 12.2. The highest BCUT2D eigenvalue weighted by Crippen LogP contribution is 2.13. The molecule has 0 radical (unpaired) electrons. The van der Waals surface area contributed by atoms with E-state index in [9.17, 15) is 9.59 Å². The lowest BCUT2D eigenvalue weighted by molar-refractivity contribution is -0.142. The minimum atomic E-state index is -0.836. The Kier molecular flexibility index (Phi) is 4.02. The van der Waals surface area contributed by atoms with Crippen molar-refractivity contribution in [3.63, 3.8) is 0 Å². The molecule has 0 saturated heterocycles. The van der Waals surface area contributed by atoms with Gasteiger partial charge >= 0.3 is 11.9 Å². The summed E-state index contributed by atoms with van der Waals surface area (Å²) in [7, 11) is 2.57. The highest BCUT2D eigenvalue weighted by Gasteiger charge is 2.16. The Labute approximate surface area is 93.1 Å². The Morgan fingerprint density at radius 1 is 1.12 bits per heavy atom. The Morgan fingerprint density at radius 2 is 1.69 bits per heavy atom. The van der Waals surface area contributed by atoms with Crippen LogP contribution >= 0.6 is 0 Å². The SMILES string of the molecule is COC(=O)c1ccc([C@H](N)C(=O)OC)cc1. The van der Waals surface area contributed by atoms with Crippen LogP contribution in [0.3, 0.4) is 0 Å². The number of benzene rings is 1. The van der Waals surface area contributed by atoms with Gasteiger partial charge in [-0.05, 0) is 17.7 Å². The predicted octanol–water partition coefficient (Wildman–Crippen LogP) is 0.646. The van der Waals surface area contributed by atoms with Gasteiger partial charge in [-0.1, -0.05) is 12.1 Å². The lowest BCUT2D eigenvalue weighted by Crippen LogP contribution is -2.22. The molecule has 0 aliphatic rings. The van der Waals surface area contributed by atoms with Crippen molar-refractivity contribution in [3.8, 4) is 0 Å². The van der Waals surface area contributed by atoms with Crippen LogP contribution in [-0.4, -0.2) is 26.2 Å². The van der Waals surface area contributed by atoms with Crippen molar-refractivity contribution in [2.75, 3.05) is 14.2 Å². The summed E-state index contributed by atoms with van der Waals surface area (Å²) in [6.07, 6.45) is 0. The van der Waals surface area contributed by atoms with E-state index in [1.165, 1.54) is 14.2 Å². The van der Waals surface area contributed by atoms with Gasteiger partial charge in [0.25, 0.3) is 0 Å². The molecule has 0 spiro atoms. The third-order valence-electron chi connectivity index (χ3n) is 2.15. The average molecular weight is 223 g/mol. The molecule has 0 bridgehead atoms. The molecule has 1 rings (SSSR count). The van der Waals surface area contributed by atoms with Crippen LogP contribution in [0.5, 0.6) is 0 Å². The maximum atomic E-state index is 11.1. The van der Waals surface area contributed by atoms with E-state index in [4.69, 9.17) is 5.73 Å². The fraction of sp³-hybridized carbons (Fsp3) is 0.273. The third kappa shape index (κ3) is 2.58. The summed E-state index contributed by atoms with van der Waals surface area (Å²) in [6, 6.07) is 5.44. The summed E-state index contributed by atoms with van der Waals surface area (Å²) in [4.78, 5) is 22.3. The summed E-state index contributed by atoms with van der Waals surface area (Å²) in [5.41, 5.74) is 6.61. The summed E-state index contributed by atoms with van der Waals surface area (Å²) < 4.78 is 9.05. The first-order chi connectivity index (χ1) is 7.60. The lowest BCUT2D eigenvalue weighted by Gasteiger charge is -2.09. The predicted molar refractivity (Wildman–Crippen MR) is 56.7 cm³/mol. The van der Waals surface area contributed by atoms with Gasteiger partial charge in [0, 0.05) is 0 Å². The Hall–Kier alpha value is -1.88. The molecule has 5 nitrogen and oxygen atoms in total. The summed E-state index contributed by atoms with van der Waals surface area (Å²) in [6.45, 7) is 0. The average Bonchev–Trinajstić information content (AvgIpc) is 2.36. The number of rotatable bonds is 3. The maximum absolute atomic E-state index is 11.1. The fourth-order valence-corrected chi connectivity index (χ4v) is 1.21. The Morgan fingerprint density at radius 3 is 2.12 bits per heavy atom. The zero-order chi connectivity index (χ0) is 12.1. The third-order valence-corrected chi connectivity index (χ3v) is 2.15. The minimum Gasteiger partial charge on any atom is -0.468 e. The van der Waals surface area contributed by atoms with Gasteiger partial charge in [-0.25, -0.2) is 4.79 Å².